The van der Waals surface area contributed by atoms with Crippen molar-refractivity contribution in [2.45, 2.75) is 6.42 Å². The van der Waals surface area contributed by atoms with Crippen LogP contribution in [0.15, 0.2) is 42.5 Å². The van der Waals surface area contributed by atoms with Crippen LogP contribution in [0, 0.1) is 5.82 Å². The van der Waals surface area contributed by atoms with E-state index in [-0.39, 0.29) is 23.0 Å². The van der Waals surface area contributed by atoms with E-state index in [1.165, 1.54) is 12.1 Å². The minimum atomic E-state index is -0.579. The first kappa shape index (κ1) is 15.4. The third-order valence-corrected chi connectivity index (χ3v) is 3.29. The summed E-state index contributed by atoms with van der Waals surface area (Å²) in [5.41, 5.74) is 6.71. The monoisotopic (exact) mass is 322 g/mol. The number of hydrogen-bond donors (Lipinski definition) is 2. The predicted molar refractivity (Wildman–Crippen MR) is 86.1 cm³/mol. The molecule has 1 amide bonds. The molecule has 6 heteroatoms. The van der Waals surface area contributed by atoms with Crippen LogP contribution in [0.1, 0.15) is 11.1 Å². The van der Waals surface area contributed by atoms with Gasteiger partial charge in [0.05, 0.1) is 12.1 Å². The average Bonchev–Trinajstić information content (AvgIpc) is 2.43. The maximum atomic E-state index is 13.8. The molecule has 0 spiro atoms. The number of halogens is 2. The summed E-state index contributed by atoms with van der Waals surface area (Å²) in [6, 6.07) is 11.1. The van der Waals surface area contributed by atoms with Crippen molar-refractivity contribution in [3.63, 3.8) is 0 Å². The molecule has 2 rings (SSSR count). The van der Waals surface area contributed by atoms with E-state index in [9.17, 15) is 9.18 Å². The molecule has 0 aliphatic carbocycles. The molecule has 0 unspecified atom stereocenters. The van der Waals surface area contributed by atoms with Gasteiger partial charge in [-0.2, -0.15) is 0 Å². The average molecular weight is 323 g/mol. The van der Waals surface area contributed by atoms with E-state index in [2.05, 4.69) is 5.32 Å². The lowest BCUT2D eigenvalue weighted by molar-refractivity contribution is -0.115. The van der Waals surface area contributed by atoms with E-state index in [0.29, 0.717) is 10.6 Å². The predicted octanol–water partition coefficient (Wildman–Crippen LogP) is 3.29. The van der Waals surface area contributed by atoms with Gasteiger partial charge in [-0.1, -0.05) is 36.0 Å². The van der Waals surface area contributed by atoms with Gasteiger partial charge in [0.25, 0.3) is 0 Å². The third kappa shape index (κ3) is 4.24. The van der Waals surface area contributed by atoms with E-state index in [1.807, 2.05) is 0 Å². The zero-order valence-corrected chi connectivity index (χ0v) is 12.5. The second-order valence-corrected chi connectivity index (χ2v) is 5.29. The summed E-state index contributed by atoms with van der Waals surface area (Å²) in [6.07, 6.45) is 0.133. The van der Waals surface area contributed by atoms with Crippen molar-refractivity contribution in [3.8, 4) is 0 Å². The van der Waals surface area contributed by atoms with Gasteiger partial charge in [0.15, 0.2) is 0 Å². The number of thiocarbonyl (C=S) groups is 1. The topological polar surface area (TPSA) is 55.1 Å². The van der Waals surface area contributed by atoms with Gasteiger partial charge in [0.2, 0.25) is 5.91 Å². The molecular formula is C15H12ClFN2OS. The molecule has 0 aromatic heterocycles. The lowest BCUT2D eigenvalue weighted by Crippen LogP contribution is -2.16. The van der Waals surface area contributed by atoms with Gasteiger partial charge >= 0.3 is 0 Å². The standard InChI is InChI=1S/C15H12ClFN2OS/c16-11-4-1-9(2-5-11)7-14(20)19-13-6-3-10(15(18)21)8-12(13)17/h1-6,8H,7H2,(H2,18,21)(H,19,20). The minimum absolute atomic E-state index is 0.0916. The molecule has 0 bridgehead atoms. The maximum absolute atomic E-state index is 13.8. The SMILES string of the molecule is NC(=S)c1ccc(NC(=O)Cc2ccc(Cl)cc2)c(F)c1. The van der Waals surface area contributed by atoms with Crippen molar-refractivity contribution in [2.24, 2.45) is 5.73 Å². The van der Waals surface area contributed by atoms with Crippen molar-refractivity contribution in [1.82, 2.24) is 0 Å². The quantitative estimate of drug-likeness (QED) is 0.849. The van der Waals surface area contributed by atoms with Gasteiger partial charge in [0, 0.05) is 10.6 Å². The normalized spacial score (nSPS) is 10.2. The smallest absolute Gasteiger partial charge is 0.228 e. The highest BCUT2D eigenvalue weighted by molar-refractivity contribution is 7.80. The molecule has 0 saturated carbocycles. The summed E-state index contributed by atoms with van der Waals surface area (Å²) in [6.45, 7) is 0. The van der Waals surface area contributed by atoms with E-state index in [4.69, 9.17) is 29.6 Å². The Balaban J connectivity index is 2.06. The molecular weight excluding hydrogens is 311 g/mol. The first-order valence-corrected chi connectivity index (χ1v) is 6.88. The van der Waals surface area contributed by atoms with Gasteiger partial charge in [0.1, 0.15) is 10.8 Å². The molecule has 0 heterocycles. The summed E-state index contributed by atoms with van der Waals surface area (Å²) < 4.78 is 13.8. The second-order valence-electron chi connectivity index (χ2n) is 4.41. The molecule has 21 heavy (non-hydrogen) atoms. The van der Waals surface area contributed by atoms with Crippen molar-refractivity contribution in [1.29, 1.82) is 0 Å². The maximum Gasteiger partial charge on any atom is 0.228 e. The highest BCUT2D eigenvalue weighted by atomic mass is 35.5. The third-order valence-electron chi connectivity index (χ3n) is 2.81. The Morgan fingerprint density at radius 2 is 1.90 bits per heavy atom. The van der Waals surface area contributed by atoms with Crippen molar-refractivity contribution < 1.29 is 9.18 Å². The lowest BCUT2D eigenvalue weighted by Gasteiger charge is -2.08. The number of amides is 1. The van der Waals surface area contributed by atoms with Crippen LogP contribution in [-0.2, 0) is 11.2 Å². The summed E-state index contributed by atoms with van der Waals surface area (Å²) in [4.78, 5) is 12.0. The van der Waals surface area contributed by atoms with E-state index < -0.39 is 5.82 Å². The van der Waals surface area contributed by atoms with Gasteiger partial charge in [-0.15, -0.1) is 0 Å². The zero-order valence-electron chi connectivity index (χ0n) is 10.9. The van der Waals surface area contributed by atoms with Crippen LogP contribution in [0.3, 0.4) is 0 Å². The lowest BCUT2D eigenvalue weighted by atomic mass is 10.1. The molecule has 3 nitrogen and oxygen atoms in total. The molecule has 0 fully saturated rings. The van der Waals surface area contributed by atoms with Gasteiger partial charge in [-0.05, 0) is 35.9 Å². The summed E-state index contributed by atoms with van der Waals surface area (Å²) in [5.74, 6) is -0.899. The molecule has 2 aromatic carbocycles. The molecule has 0 aliphatic heterocycles. The van der Waals surface area contributed by atoms with Crippen LogP contribution < -0.4 is 11.1 Å². The Morgan fingerprint density at radius 1 is 1.24 bits per heavy atom. The number of nitrogens with two attached hydrogens (primary N) is 1. The van der Waals surface area contributed by atoms with E-state index in [0.717, 1.165) is 5.56 Å². The number of carbonyl (C=O) groups excluding carboxylic acids is 1. The van der Waals surface area contributed by atoms with Crippen molar-refractivity contribution in [3.05, 3.63) is 64.4 Å². The number of benzene rings is 2. The van der Waals surface area contributed by atoms with Crippen molar-refractivity contribution >= 4 is 40.4 Å². The highest BCUT2D eigenvalue weighted by Crippen LogP contribution is 2.17. The molecule has 3 N–H and O–H groups in total. The second kappa shape index (κ2) is 6.65. The Kier molecular flexibility index (Phi) is 4.88. The fourth-order valence-electron chi connectivity index (χ4n) is 1.75. The number of rotatable bonds is 4. The number of anilines is 1. The zero-order chi connectivity index (χ0) is 15.4. The van der Waals surface area contributed by atoms with Crippen LogP contribution in [0.5, 0.6) is 0 Å². The van der Waals surface area contributed by atoms with Crippen LogP contribution in [0.2, 0.25) is 5.02 Å². The fourth-order valence-corrected chi connectivity index (χ4v) is 2.00. The molecule has 0 atom stereocenters. The van der Waals surface area contributed by atoms with Crippen LogP contribution in [0.4, 0.5) is 10.1 Å². The van der Waals surface area contributed by atoms with E-state index in [1.54, 1.807) is 30.3 Å². The first-order valence-electron chi connectivity index (χ1n) is 6.09. The minimum Gasteiger partial charge on any atom is -0.389 e. The molecule has 108 valence electrons. The van der Waals surface area contributed by atoms with E-state index >= 15 is 0 Å². The molecule has 0 aliphatic rings. The number of carbonyl (C=O) groups is 1. The summed E-state index contributed by atoms with van der Waals surface area (Å²) in [5, 5.41) is 3.10. The molecule has 0 radical (unpaired) electrons. The molecule has 2 aromatic rings. The Hall–Kier alpha value is -1.98. The summed E-state index contributed by atoms with van der Waals surface area (Å²) in [7, 11) is 0. The Labute approximate surface area is 131 Å². The van der Waals surface area contributed by atoms with Gasteiger partial charge in [-0.25, -0.2) is 4.39 Å². The summed E-state index contributed by atoms with van der Waals surface area (Å²) >= 11 is 10.5. The molecule has 0 saturated heterocycles. The van der Waals surface area contributed by atoms with Crippen molar-refractivity contribution in [2.75, 3.05) is 5.32 Å². The number of hydrogen-bond acceptors (Lipinski definition) is 2. The first-order chi connectivity index (χ1) is 9.95. The Morgan fingerprint density at radius 3 is 2.48 bits per heavy atom. The highest BCUT2D eigenvalue weighted by Gasteiger charge is 2.09. The Bertz CT molecular complexity index is 689. The van der Waals surface area contributed by atoms with Gasteiger partial charge in [-0.3, -0.25) is 4.79 Å². The van der Waals surface area contributed by atoms with Crippen LogP contribution in [0.25, 0.3) is 0 Å². The van der Waals surface area contributed by atoms with Crippen LogP contribution >= 0.6 is 23.8 Å². The largest absolute Gasteiger partial charge is 0.389 e. The fraction of sp³-hybridized carbons (Fsp3) is 0.0667. The van der Waals surface area contributed by atoms with Crippen LogP contribution in [-0.4, -0.2) is 10.9 Å². The van der Waals surface area contributed by atoms with Gasteiger partial charge < -0.3 is 11.1 Å². The number of nitrogens with one attached hydrogen (secondary N) is 1.